The molecule has 0 amide bonds. The first-order valence-corrected chi connectivity index (χ1v) is 9.81. The number of hydrogen-bond donors (Lipinski definition) is 3. The molecule has 160 valence electrons. The summed E-state index contributed by atoms with van der Waals surface area (Å²) in [6, 6.07) is 8.55. The van der Waals surface area contributed by atoms with Crippen molar-refractivity contribution in [1.82, 2.24) is 4.98 Å². The molecule has 0 unspecified atom stereocenters. The zero-order valence-corrected chi connectivity index (χ0v) is 18.0. The maximum Gasteiger partial charge on any atom is 0.416 e. The number of pyridine rings is 1. The van der Waals surface area contributed by atoms with Gasteiger partial charge in [0, 0.05) is 46.6 Å². The molecule has 3 aromatic rings. The van der Waals surface area contributed by atoms with Crippen molar-refractivity contribution in [2.75, 3.05) is 23.3 Å². The fourth-order valence-electron chi connectivity index (χ4n) is 3.54. The van der Waals surface area contributed by atoms with Gasteiger partial charge < -0.3 is 20.9 Å². The van der Waals surface area contributed by atoms with Crippen LogP contribution < -0.4 is 21.5 Å². The third-order valence-electron chi connectivity index (χ3n) is 5.02. The van der Waals surface area contributed by atoms with E-state index in [1.54, 1.807) is 6.20 Å². The molecule has 0 spiro atoms. The Bertz CT molecular complexity index is 1120. The Kier molecular flexibility index (Phi) is 6.35. The molecule has 30 heavy (non-hydrogen) atoms. The van der Waals surface area contributed by atoms with Crippen LogP contribution >= 0.6 is 28.3 Å². The number of anilines is 3. The first kappa shape index (κ1) is 22.5. The minimum Gasteiger partial charge on any atom is -0.370 e. The summed E-state index contributed by atoms with van der Waals surface area (Å²) < 4.78 is 39.2. The summed E-state index contributed by atoms with van der Waals surface area (Å²) in [6.07, 6.45) is -1.95. The molecule has 0 aliphatic carbocycles. The lowest BCUT2D eigenvalue weighted by Crippen LogP contribution is -2.26. The highest BCUT2D eigenvalue weighted by molar-refractivity contribution is 9.10. The van der Waals surface area contributed by atoms with Crippen LogP contribution in [0.25, 0.3) is 10.8 Å². The third-order valence-corrected chi connectivity index (χ3v) is 5.67. The molecular weight excluding hydrogens is 485 g/mol. The zero-order chi connectivity index (χ0) is 20.8. The standard InChI is InChI=1S/C20H18BrF3N4O.ClH/c21-16-9-26-19(29)18-15(16)7-14(28-6-5-12(25)10-28)8-17(18)27-13-3-1-11(2-4-13)20(22,23)24;/h1-4,7-9,12,27H,5-6,10,25H2,(H,26,29);1H/t12-;/m1./s1. The van der Waals surface area contributed by atoms with Crippen molar-refractivity contribution >= 4 is 56.2 Å². The summed E-state index contributed by atoms with van der Waals surface area (Å²) in [4.78, 5) is 17.3. The molecule has 0 bridgehead atoms. The number of halogens is 5. The number of nitrogens with one attached hydrogen (secondary N) is 2. The van der Waals surface area contributed by atoms with Gasteiger partial charge in [-0.1, -0.05) is 0 Å². The van der Waals surface area contributed by atoms with Gasteiger partial charge in [-0.05, 0) is 58.7 Å². The van der Waals surface area contributed by atoms with Gasteiger partial charge in [-0.15, -0.1) is 12.4 Å². The van der Waals surface area contributed by atoms with Gasteiger partial charge in [-0.3, -0.25) is 4.79 Å². The normalized spacial score (nSPS) is 16.6. The van der Waals surface area contributed by atoms with Crippen LogP contribution in [0.3, 0.4) is 0 Å². The molecule has 1 atom stereocenters. The Balaban J connectivity index is 0.00000256. The monoisotopic (exact) mass is 502 g/mol. The van der Waals surface area contributed by atoms with E-state index in [4.69, 9.17) is 5.73 Å². The number of fused-ring (bicyclic) bond motifs is 1. The van der Waals surface area contributed by atoms with Crippen molar-refractivity contribution in [3.05, 3.63) is 63.0 Å². The maximum atomic E-state index is 12.8. The topological polar surface area (TPSA) is 74.2 Å². The van der Waals surface area contributed by atoms with Crippen molar-refractivity contribution < 1.29 is 13.2 Å². The fraction of sp³-hybridized carbons (Fsp3) is 0.250. The first-order chi connectivity index (χ1) is 13.7. The Hall–Kier alpha value is -2.23. The van der Waals surface area contributed by atoms with Gasteiger partial charge in [0.25, 0.3) is 5.56 Å². The van der Waals surface area contributed by atoms with Crippen LogP contribution in [-0.4, -0.2) is 24.1 Å². The fourth-order valence-corrected chi connectivity index (χ4v) is 3.97. The number of benzene rings is 2. The van der Waals surface area contributed by atoms with E-state index in [2.05, 4.69) is 31.1 Å². The van der Waals surface area contributed by atoms with E-state index < -0.39 is 11.7 Å². The lowest BCUT2D eigenvalue weighted by atomic mass is 10.1. The third kappa shape index (κ3) is 4.43. The Morgan fingerprint density at radius 3 is 2.50 bits per heavy atom. The Labute approximate surface area is 185 Å². The summed E-state index contributed by atoms with van der Waals surface area (Å²) >= 11 is 3.47. The first-order valence-electron chi connectivity index (χ1n) is 9.02. The van der Waals surface area contributed by atoms with E-state index in [0.717, 1.165) is 30.8 Å². The van der Waals surface area contributed by atoms with Crippen LogP contribution in [-0.2, 0) is 6.18 Å². The summed E-state index contributed by atoms with van der Waals surface area (Å²) in [5, 5.41) is 4.23. The molecule has 1 saturated heterocycles. The molecule has 4 N–H and O–H groups in total. The molecule has 4 rings (SSSR count). The number of alkyl halides is 3. The number of aromatic nitrogens is 1. The number of rotatable bonds is 3. The van der Waals surface area contributed by atoms with E-state index in [-0.39, 0.29) is 24.0 Å². The minimum atomic E-state index is -4.40. The van der Waals surface area contributed by atoms with E-state index >= 15 is 0 Å². The van der Waals surface area contributed by atoms with Crippen LogP contribution in [0.4, 0.5) is 30.2 Å². The van der Waals surface area contributed by atoms with Crippen LogP contribution in [0.1, 0.15) is 12.0 Å². The molecule has 0 saturated carbocycles. The lowest BCUT2D eigenvalue weighted by Gasteiger charge is -2.21. The number of hydrogen-bond acceptors (Lipinski definition) is 4. The second-order valence-corrected chi connectivity index (χ2v) is 7.93. The van der Waals surface area contributed by atoms with Crippen molar-refractivity contribution in [2.45, 2.75) is 18.6 Å². The van der Waals surface area contributed by atoms with Gasteiger partial charge in [0.05, 0.1) is 16.6 Å². The predicted molar refractivity (Wildman–Crippen MR) is 119 cm³/mol. The lowest BCUT2D eigenvalue weighted by molar-refractivity contribution is -0.137. The van der Waals surface area contributed by atoms with Gasteiger partial charge in [0.15, 0.2) is 0 Å². The second-order valence-electron chi connectivity index (χ2n) is 7.08. The molecule has 0 radical (unpaired) electrons. The van der Waals surface area contributed by atoms with E-state index in [1.807, 2.05) is 12.1 Å². The number of nitrogens with zero attached hydrogens (tertiary/aromatic N) is 1. The van der Waals surface area contributed by atoms with Crippen LogP contribution in [0, 0.1) is 0 Å². The van der Waals surface area contributed by atoms with Gasteiger partial charge in [0.1, 0.15) is 0 Å². The highest BCUT2D eigenvalue weighted by atomic mass is 79.9. The van der Waals surface area contributed by atoms with Crippen molar-refractivity contribution in [2.24, 2.45) is 5.73 Å². The van der Waals surface area contributed by atoms with Gasteiger partial charge in [-0.25, -0.2) is 0 Å². The smallest absolute Gasteiger partial charge is 0.370 e. The van der Waals surface area contributed by atoms with Crippen molar-refractivity contribution in [3.63, 3.8) is 0 Å². The highest BCUT2D eigenvalue weighted by Gasteiger charge is 2.30. The average Bonchev–Trinajstić information content (AvgIpc) is 3.10. The maximum absolute atomic E-state index is 12.8. The second kappa shape index (κ2) is 8.49. The predicted octanol–water partition coefficient (Wildman–Crippen LogP) is 5.01. The van der Waals surface area contributed by atoms with Crippen LogP contribution in [0.5, 0.6) is 0 Å². The number of aromatic amines is 1. The van der Waals surface area contributed by atoms with E-state index in [1.165, 1.54) is 12.1 Å². The SMILES string of the molecule is Cl.N[C@@H]1CCN(c2cc(Nc3ccc(C(F)(F)F)cc3)c3c(=O)[nH]cc(Br)c3c2)C1. The van der Waals surface area contributed by atoms with Crippen molar-refractivity contribution in [3.8, 4) is 0 Å². The molecule has 2 heterocycles. The Morgan fingerprint density at radius 2 is 1.90 bits per heavy atom. The Morgan fingerprint density at radius 1 is 1.20 bits per heavy atom. The van der Waals surface area contributed by atoms with Gasteiger partial charge in [-0.2, -0.15) is 13.2 Å². The van der Waals surface area contributed by atoms with Crippen LogP contribution in [0.2, 0.25) is 0 Å². The van der Waals surface area contributed by atoms with E-state index in [0.29, 0.717) is 33.2 Å². The molecule has 2 aromatic carbocycles. The quantitative estimate of drug-likeness (QED) is 0.470. The molecule has 5 nitrogen and oxygen atoms in total. The number of nitrogens with two attached hydrogens (primary N) is 1. The summed E-state index contributed by atoms with van der Waals surface area (Å²) in [7, 11) is 0. The van der Waals surface area contributed by atoms with Crippen LogP contribution in [0.15, 0.2) is 51.9 Å². The minimum absolute atomic E-state index is 0. The summed E-state index contributed by atoms with van der Waals surface area (Å²) in [6.45, 7) is 1.50. The van der Waals surface area contributed by atoms with E-state index in [9.17, 15) is 18.0 Å². The highest BCUT2D eigenvalue weighted by Crippen LogP contribution is 2.35. The molecule has 1 fully saturated rings. The molecule has 1 aromatic heterocycles. The molecule has 10 heteroatoms. The zero-order valence-electron chi connectivity index (χ0n) is 15.6. The summed E-state index contributed by atoms with van der Waals surface area (Å²) in [5.41, 5.74) is 6.87. The molecule has 1 aliphatic heterocycles. The molecule has 1 aliphatic rings. The molecular formula is C20H19BrClF3N4O. The van der Waals surface area contributed by atoms with Gasteiger partial charge in [0.2, 0.25) is 0 Å². The van der Waals surface area contributed by atoms with Crippen molar-refractivity contribution in [1.29, 1.82) is 0 Å². The number of H-pyrrole nitrogens is 1. The largest absolute Gasteiger partial charge is 0.416 e. The summed E-state index contributed by atoms with van der Waals surface area (Å²) in [5.74, 6) is 0. The van der Waals surface area contributed by atoms with Gasteiger partial charge >= 0.3 is 6.18 Å². The average molecular weight is 504 g/mol.